The third-order valence-corrected chi connectivity index (χ3v) is 9.80. The smallest absolute Gasteiger partial charge is 0.143 e. The Balaban J connectivity index is 1.32. The first-order valence-electron chi connectivity index (χ1n) is 19.8. The number of ether oxygens (including phenoxy) is 3. The molecule has 1 atom stereocenters. The lowest BCUT2D eigenvalue weighted by molar-refractivity contribution is -0.0968. The standard InChI is InChI=1S/C47H60FNO3/c1-2-3-4-5-6-7-8-9-10-11-12-13-14-15-25-32-50-38-46(51-37-41-33-40(36-49)34-45(48)35-41)39-52-47(42-26-19-16-20-27-42,43-28-21-17-22-29-43)44-30-23-18-24-31-44/h16-24,26-31,33-35,46H,2-15,25,32,37-39H2,1H3/t46-/m1/s1. The van der Waals surface area contributed by atoms with E-state index in [1.165, 1.54) is 95.6 Å². The predicted molar refractivity (Wildman–Crippen MR) is 211 cm³/mol. The van der Waals surface area contributed by atoms with E-state index >= 15 is 0 Å². The Morgan fingerprint density at radius 3 is 1.52 bits per heavy atom. The van der Waals surface area contributed by atoms with Crippen LogP contribution < -0.4 is 0 Å². The van der Waals surface area contributed by atoms with Crippen LogP contribution >= 0.6 is 0 Å². The summed E-state index contributed by atoms with van der Waals surface area (Å²) in [5.41, 5.74) is 3.00. The fourth-order valence-electron chi connectivity index (χ4n) is 6.93. The van der Waals surface area contributed by atoms with Gasteiger partial charge >= 0.3 is 0 Å². The SMILES string of the molecule is CCCCCCCCCCCCCCCCCOC[C@H](COC(c1ccccc1)(c1ccccc1)c1ccccc1)OCc1cc(F)cc(C#N)c1. The Bertz CT molecular complexity index is 1440. The van der Waals surface area contributed by atoms with Crippen LogP contribution in [0.25, 0.3) is 0 Å². The minimum Gasteiger partial charge on any atom is -0.379 e. The number of halogens is 1. The van der Waals surface area contributed by atoms with E-state index in [0.717, 1.165) is 29.5 Å². The van der Waals surface area contributed by atoms with Gasteiger partial charge in [0.05, 0.1) is 31.5 Å². The molecule has 0 bridgehead atoms. The van der Waals surface area contributed by atoms with Crippen LogP contribution in [-0.2, 0) is 26.4 Å². The molecule has 0 unspecified atom stereocenters. The van der Waals surface area contributed by atoms with E-state index in [4.69, 9.17) is 14.2 Å². The van der Waals surface area contributed by atoms with Crippen LogP contribution in [0.5, 0.6) is 0 Å². The Labute approximate surface area is 313 Å². The molecule has 0 saturated carbocycles. The topological polar surface area (TPSA) is 51.5 Å². The molecule has 4 rings (SSSR count). The highest BCUT2D eigenvalue weighted by Gasteiger charge is 2.38. The van der Waals surface area contributed by atoms with Gasteiger partial charge in [0.1, 0.15) is 17.5 Å². The lowest BCUT2D eigenvalue weighted by Gasteiger charge is -2.37. The van der Waals surface area contributed by atoms with Crippen molar-refractivity contribution in [1.29, 1.82) is 5.26 Å². The van der Waals surface area contributed by atoms with Gasteiger partial charge < -0.3 is 14.2 Å². The minimum absolute atomic E-state index is 0.137. The van der Waals surface area contributed by atoms with E-state index in [1.807, 2.05) is 60.7 Å². The molecule has 4 aromatic rings. The number of benzene rings is 4. The maximum Gasteiger partial charge on any atom is 0.143 e. The van der Waals surface area contributed by atoms with E-state index in [-0.39, 0.29) is 18.8 Å². The highest BCUT2D eigenvalue weighted by Crippen LogP contribution is 2.40. The van der Waals surface area contributed by atoms with Crippen LogP contribution in [0, 0.1) is 17.1 Å². The molecule has 52 heavy (non-hydrogen) atoms. The lowest BCUT2D eigenvalue weighted by Crippen LogP contribution is -2.37. The van der Waals surface area contributed by atoms with Crippen molar-refractivity contribution in [3.63, 3.8) is 0 Å². The van der Waals surface area contributed by atoms with Crippen LogP contribution in [0.15, 0.2) is 109 Å². The zero-order valence-corrected chi connectivity index (χ0v) is 31.5. The van der Waals surface area contributed by atoms with Crippen molar-refractivity contribution >= 4 is 0 Å². The third kappa shape index (κ3) is 14.0. The summed E-state index contributed by atoms with van der Waals surface area (Å²) in [6, 6.07) is 37.2. The summed E-state index contributed by atoms with van der Waals surface area (Å²) in [5.74, 6) is -0.453. The van der Waals surface area contributed by atoms with Gasteiger partial charge in [0.25, 0.3) is 0 Å². The number of unbranched alkanes of at least 4 members (excludes halogenated alkanes) is 14. The first-order chi connectivity index (χ1) is 25.7. The summed E-state index contributed by atoms with van der Waals surface area (Å²) >= 11 is 0. The highest BCUT2D eigenvalue weighted by atomic mass is 19.1. The second kappa shape index (κ2) is 24.4. The molecule has 4 aromatic carbocycles. The van der Waals surface area contributed by atoms with E-state index in [2.05, 4.69) is 43.3 Å². The van der Waals surface area contributed by atoms with Gasteiger partial charge in [-0.15, -0.1) is 0 Å². The van der Waals surface area contributed by atoms with Gasteiger partial charge in [0.2, 0.25) is 0 Å². The predicted octanol–water partition coefficient (Wildman–Crippen LogP) is 12.5. The summed E-state index contributed by atoms with van der Waals surface area (Å²) < 4.78 is 33.9. The van der Waals surface area contributed by atoms with Gasteiger partial charge in [0, 0.05) is 6.61 Å². The first-order valence-corrected chi connectivity index (χ1v) is 19.8. The summed E-state index contributed by atoms with van der Waals surface area (Å²) in [5, 5.41) is 9.38. The Kier molecular flexibility index (Phi) is 19.2. The van der Waals surface area contributed by atoms with Crippen molar-refractivity contribution in [3.8, 4) is 6.07 Å². The van der Waals surface area contributed by atoms with Crippen LogP contribution in [-0.4, -0.2) is 25.9 Å². The minimum atomic E-state index is -0.896. The summed E-state index contributed by atoms with van der Waals surface area (Å²) in [6.07, 6.45) is 19.4. The van der Waals surface area contributed by atoms with Gasteiger partial charge in [0.15, 0.2) is 0 Å². The van der Waals surface area contributed by atoms with Gasteiger partial charge in [-0.2, -0.15) is 5.26 Å². The molecule has 5 heteroatoms. The molecule has 0 heterocycles. The molecule has 0 amide bonds. The van der Waals surface area contributed by atoms with E-state index in [9.17, 15) is 9.65 Å². The van der Waals surface area contributed by atoms with Crippen molar-refractivity contribution < 1.29 is 18.6 Å². The molecule has 0 N–H and O–H groups in total. The summed E-state index contributed by atoms with van der Waals surface area (Å²) in [7, 11) is 0. The van der Waals surface area contributed by atoms with Gasteiger partial charge in [-0.3, -0.25) is 0 Å². The molecule has 278 valence electrons. The van der Waals surface area contributed by atoms with Crippen molar-refractivity contribution in [2.24, 2.45) is 0 Å². The molecule has 4 nitrogen and oxygen atoms in total. The number of hydrogen-bond acceptors (Lipinski definition) is 4. The van der Waals surface area contributed by atoms with Gasteiger partial charge in [-0.25, -0.2) is 4.39 Å². The average molecular weight is 706 g/mol. The molecule has 0 radical (unpaired) electrons. The molecular weight excluding hydrogens is 646 g/mol. The van der Waals surface area contributed by atoms with Gasteiger partial charge in [-0.05, 0) is 46.9 Å². The summed E-state index contributed by atoms with van der Waals surface area (Å²) in [6.45, 7) is 3.64. The van der Waals surface area contributed by atoms with Crippen LogP contribution in [0.2, 0.25) is 0 Å². The largest absolute Gasteiger partial charge is 0.379 e. The maximum absolute atomic E-state index is 14.3. The third-order valence-electron chi connectivity index (χ3n) is 9.80. The fraction of sp³-hybridized carbons (Fsp3) is 0.468. The van der Waals surface area contributed by atoms with Crippen molar-refractivity contribution in [3.05, 3.63) is 143 Å². The molecule has 0 aromatic heterocycles. The van der Waals surface area contributed by atoms with Crippen molar-refractivity contribution in [2.75, 3.05) is 19.8 Å². The van der Waals surface area contributed by atoms with Crippen molar-refractivity contribution in [1.82, 2.24) is 0 Å². The van der Waals surface area contributed by atoms with Crippen LogP contribution in [0.4, 0.5) is 4.39 Å². The number of rotatable bonds is 27. The second-order valence-electron chi connectivity index (χ2n) is 14.0. The van der Waals surface area contributed by atoms with E-state index < -0.39 is 17.5 Å². The zero-order valence-electron chi connectivity index (χ0n) is 31.5. The molecular formula is C47H60FNO3. The molecule has 0 aliphatic rings. The Morgan fingerprint density at radius 1 is 0.596 bits per heavy atom. The molecule has 0 aliphatic heterocycles. The fourth-order valence-corrected chi connectivity index (χ4v) is 6.93. The van der Waals surface area contributed by atoms with Crippen molar-refractivity contribution in [2.45, 2.75) is 122 Å². The number of nitrogens with zero attached hydrogens (tertiary/aromatic N) is 1. The summed E-state index contributed by atoms with van der Waals surface area (Å²) in [4.78, 5) is 0. The van der Waals surface area contributed by atoms with E-state index in [0.29, 0.717) is 18.8 Å². The van der Waals surface area contributed by atoms with Crippen LogP contribution in [0.3, 0.4) is 0 Å². The zero-order chi connectivity index (χ0) is 36.5. The lowest BCUT2D eigenvalue weighted by atomic mass is 9.80. The van der Waals surface area contributed by atoms with E-state index in [1.54, 1.807) is 6.07 Å². The molecule has 0 fully saturated rings. The van der Waals surface area contributed by atoms with Gasteiger partial charge in [-0.1, -0.05) is 188 Å². The van der Waals surface area contributed by atoms with Crippen LogP contribution in [0.1, 0.15) is 131 Å². The average Bonchev–Trinajstić information content (AvgIpc) is 3.19. The normalized spacial score (nSPS) is 12.1. The molecule has 0 aliphatic carbocycles. The quantitative estimate of drug-likeness (QED) is 0.0458. The highest BCUT2D eigenvalue weighted by molar-refractivity contribution is 5.47. The Hall–Kier alpha value is -3.82. The maximum atomic E-state index is 14.3. The molecule has 0 spiro atoms. The monoisotopic (exact) mass is 705 g/mol. The molecule has 0 saturated heterocycles. The second-order valence-corrected chi connectivity index (χ2v) is 14.0. The number of nitriles is 1. The Morgan fingerprint density at radius 2 is 1.06 bits per heavy atom. The first kappa shape index (κ1) is 40.9. The number of hydrogen-bond donors (Lipinski definition) is 0.